The second kappa shape index (κ2) is 8.58. The van der Waals surface area contributed by atoms with Gasteiger partial charge in [0, 0.05) is 40.5 Å². The molecule has 166 valence electrons. The van der Waals surface area contributed by atoms with Gasteiger partial charge in [0.2, 0.25) is 15.9 Å². The van der Waals surface area contributed by atoms with Crippen molar-refractivity contribution in [1.82, 2.24) is 13.9 Å². The summed E-state index contributed by atoms with van der Waals surface area (Å²) in [7, 11) is -0.647. The molecule has 3 aromatic heterocycles. The highest BCUT2D eigenvalue weighted by atomic mass is 32.2. The van der Waals surface area contributed by atoms with Crippen molar-refractivity contribution in [2.75, 3.05) is 19.4 Å². The zero-order chi connectivity index (χ0) is 23.0. The van der Waals surface area contributed by atoms with Gasteiger partial charge in [-0.3, -0.25) is 14.2 Å². The van der Waals surface area contributed by atoms with Gasteiger partial charge in [-0.25, -0.2) is 17.7 Å². The number of carbonyl (C=O) groups is 1. The van der Waals surface area contributed by atoms with E-state index in [9.17, 15) is 18.0 Å². The number of fused-ring (bicyclic) bond motifs is 1. The third kappa shape index (κ3) is 4.24. The van der Waals surface area contributed by atoms with E-state index in [1.165, 1.54) is 60.6 Å². The number of hydrogen-bond donors (Lipinski definition) is 1. The van der Waals surface area contributed by atoms with Gasteiger partial charge in [0.1, 0.15) is 11.4 Å². The summed E-state index contributed by atoms with van der Waals surface area (Å²) in [4.78, 5) is 32.9. The van der Waals surface area contributed by atoms with Crippen LogP contribution >= 0.6 is 22.7 Å². The number of aryl methyl sites for hydroxylation is 1. The van der Waals surface area contributed by atoms with Gasteiger partial charge < -0.3 is 5.32 Å². The molecule has 3 heterocycles. The van der Waals surface area contributed by atoms with Crippen molar-refractivity contribution < 1.29 is 13.2 Å². The first kappa shape index (κ1) is 22.3. The van der Waals surface area contributed by atoms with Crippen LogP contribution in [0.5, 0.6) is 0 Å². The monoisotopic (exact) mass is 488 g/mol. The van der Waals surface area contributed by atoms with Gasteiger partial charge in [-0.05, 0) is 43.3 Å². The molecule has 0 radical (unpaired) electrons. The average Bonchev–Trinajstić information content (AvgIpc) is 3.36. The fraction of sp³-hybridized carbons (Fsp3) is 0.190. The molecule has 0 fully saturated rings. The summed E-state index contributed by atoms with van der Waals surface area (Å²) in [5.41, 5.74) is 0.980. The van der Waals surface area contributed by atoms with E-state index >= 15 is 0 Å². The minimum Gasteiger partial charge on any atom is -0.325 e. The summed E-state index contributed by atoms with van der Waals surface area (Å²) >= 11 is 3.00. The minimum absolute atomic E-state index is 0.125. The van der Waals surface area contributed by atoms with E-state index in [-0.39, 0.29) is 17.0 Å². The van der Waals surface area contributed by atoms with Gasteiger partial charge >= 0.3 is 0 Å². The van der Waals surface area contributed by atoms with Crippen molar-refractivity contribution in [3.63, 3.8) is 0 Å². The van der Waals surface area contributed by atoms with Crippen molar-refractivity contribution in [3.05, 3.63) is 63.3 Å². The van der Waals surface area contributed by atoms with E-state index in [0.29, 0.717) is 15.9 Å². The van der Waals surface area contributed by atoms with Gasteiger partial charge in [0.25, 0.3) is 5.56 Å². The van der Waals surface area contributed by atoms with Crippen LogP contribution in [0.15, 0.2) is 57.8 Å². The molecule has 1 aromatic carbocycles. The normalized spacial score (nSPS) is 11.9. The van der Waals surface area contributed by atoms with Gasteiger partial charge in [-0.2, -0.15) is 0 Å². The Bertz CT molecular complexity index is 1460. The number of thiophene rings is 2. The van der Waals surface area contributed by atoms with Crippen molar-refractivity contribution in [3.8, 4) is 10.4 Å². The van der Waals surface area contributed by atoms with Crippen LogP contribution in [0, 0.1) is 6.92 Å². The Kier molecular flexibility index (Phi) is 5.99. The third-order valence-corrected chi connectivity index (χ3v) is 8.55. The summed E-state index contributed by atoms with van der Waals surface area (Å²) in [6, 6.07) is 9.84. The summed E-state index contributed by atoms with van der Waals surface area (Å²) in [5.74, 6) is -0.416. The van der Waals surface area contributed by atoms with E-state index in [0.717, 1.165) is 19.6 Å². The Morgan fingerprint density at radius 2 is 1.88 bits per heavy atom. The van der Waals surface area contributed by atoms with Crippen molar-refractivity contribution >= 4 is 54.5 Å². The molecule has 0 aliphatic rings. The highest BCUT2D eigenvalue weighted by molar-refractivity contribution is 7.89. The molecule has 0 unspecified atom stereocenters. The highest BCUT2D eigenvalue weighted by Gasteiger charge is 2.18. The topological polar surface area (TPSA) is 101 Å². The Labute approximate surface area is 192 Å². The Balaban J connectivity index is 1.55. The Morgan fingerprint density at radius 1 is 1.16 bits per heavy atom. The molecule has 0 aliphatic heterocycles. The molecule has 0 saturated heterocycles. The first-order valence-corrected chi connectivity index (χ1v) is 12.7. The number of aromatic nitrogens is 2. The third-order valence-electron chi connectivity index (χ3n) is 4.80. The number of anilines is 1. The number of amides is 1. The predicted octanol–water partition coefficient (Wildman–Crippen LogP) is 3.38. The first-order chi connectivity index (χ1) is 15.2. The maximum absolute atomic E-state index is 13.1. The summed E-state index contributed by atoms with van der Waals surface area (Å²) in [5, 5.41) is 5.11. The number of nitrogens with one attached hydrogen (secondary N) is 1. The van der Waals surface area contributed by atoms with Crippen LogP contribution in [-0.4, -0.2) is 42.3 Å². The molecule has 4 aromatic rings. The molecule has 1 N–H and O–H groups in total. The number of sulfonamides is 1. The second-order valence-electron chi connectivity index (χ2n) is 7.28. The van der Waals surface area contributed by atoms with Crippen LogP contribution < -0.4 is 10.9 Å². The summed E-state index contributed by atoms with van der Waals surface area (Å²) in [6.07, 6.45) is 1.37. The lowest BCUT2D eigenvalue weighted by Crippen LogP contribution is -2.27. The number of hydrogen-bond acceptors (Lipinski definition) is 7. The van der Waals surface area contributed by atoms with Gasteiger partial charge in [-0.15, -0.1) is 22.7 Å². The fourth-order valence-corrected chi connectivity index (χ4v) is 5.88. The standard InChI is InChI=1S/C21H20N4O4S3/c1-13-4-9-17(31-13)16-11-30-20-19(16)21(27)25(12-22-20)10-18(26)23-14-5-7-15(8-6-14)32(28,29)24(2)3/h4-9,11-12H,10H2,1-3H3,(H,23,26). The van der Waals surface area contributed by atoms with Crippen LogP contribution in [0.2, 0.25) is 0 Å². The molecule has 8 nitrogen and oxygen atoms in total. The zero-order valence-electron chi connectivity index (χ0n) is 17.5. The van der Waals surface area contributed by atoms with E-state index in [1.807, 2.05) is 24.4 Å². The molecule has 4 rings (SSSR count). The van der Waals surface area contributed by atoms with Crippen LogP contribution in [0.3, 0.4) is 0 Å². The first-order valence-electron chi connectivity index (χ1n) is 9.52. The van der Waals surface area contributed by atoms with E-state index in [2.05, 4.69) is 10.3 Å². The SMILES string of the molecule is Cc1ccc(-c2csc3ncn(CC(=O)Nc4ccc(S(=O)(=O)N(C)C)cc4)c(=O)c23)s1. The largest absolute Gasteiger partial charge is 0.325 e. The van der Waals surface area contributed by atoms with Crippen molar-refractivity contribution in [2.45, 2.75) is 18.4 Å². The molecule has 0 atom stereocenters. The van der Waals surface area contributed by atoms with Crippen LogP contribution in [0.4, 0.5) is 5.69 Å². The van der Waals surface area contributed by atoms with Crippen LogP contribution in [-0.2, 0) is 21.4 Å². The molecular weight excluding hydrogens is 468 g/mol. The van der Waals surface area contributed by atoms with Gasteiger partial charge in [0.15, 0.2) is 0 Å². The van der Waals surface area contributed by atoms with E-state index in [1.54, 1.807) is 11.3 Å². The number of rotatable bonds is 6. The lowest BCUT2D eigenvalue weighted by atomic mass is 10.2. The highest BCUT2D eigenvalue weighted by Crippen LogP contribution is 2.34. The number of nitrogens with zero attached hydrogens (tertiary/aromatic N) is 3. The summed E-state index contributed by atoms with van der Waals surface area (Å²) in [6.45, 7) is 1.80. The Hall–Kier alpha value is -2.86. The van der Waals surface area contributed by atoms with Gasteiger partial charge in [0.05, 0.1) is 16.6 Å². The molecule has 0 bridgehead atoms. The molecule has 0 aliphatic carbocycles. The van der Waals surface area contributed by atoms with Crippen molar-refractivity contribution in [2.24, 2.45) is 0 Å². The molecule has 11 heteroatoms. The fourth-order valence-electron chi connectivity index (χ4n) is 3.12. The molecule has 0 saturated carbocycles. The predicted molar refractivity (Wildman–Crippen MR) is 128 cm³/mol. The maximum Gasteiger partial charge on any atom is 0.263 e. The van der Waals surface area contributed by atoms with Crippen LogP contribution in [0.25, 0.3) is 20.7 Å². The molecule has 32 heavy (non-hydrogen) atoms. The van der Waals surface area contributed by atoms with Crippen molar-refractivity contribution in [1.29, 1.82) is 0 Å². The molecule has 1 amide bonds. The Morgan fingerprint density at radius 3 is 2.50 bits per heavy atom. The average molecular weight is 489 g/mol. The van der Waals surface area contributed by atoms with Crippen LogP contribution in [0.1, 0.15) is 4.88 Å². The van der Waals surface area contributed by atoms with E-state index < -0.39 is 15.9 Å². The quantitative estimate of drug-likeness (QED) is 0.448. The molecular formula is C21H20N4O4S3. The minimum atomic E-state index is -3.55. The number of benzene rings is 1. The second-order valence-corrected chi connectivity index (χ2v) is 11.6. The smallest absolute Gasteiger partial charge is 0.263 e. The maximum atomic E-state index is 13.1. The van der Waals surface area contributed by atoms with Gasteiger partial charge in [-0.1, -0.05) is 0 Å². The van der Waals surface area contributed by atoms with E-state index in [4.69, 9.17) is 0 Å². The zero-order valence-corrected chi connectivity index (χ0v) is 20.0. The lowest BCUT2D eigenvalue weighted by molar-refractivity contribution is -0.116. The molecule has 0 spiro atoms. The lowest BCUT2D eigenvalue weighted by Gasteiger charge is -2.12. The summed E-state index contributed by atoms with van der Waals surface area (Å²) < 4.78 is 26.7. The number of carbonyl (C=O) groups excluding carboxylic acids is 1.